The van der Waals surface area contributed by atoms with E-state index in [4.69, 9.17) is 26.2 Å². The molecule has 1 saturated heterocycles. The van der Waals surface area contributed by atoms with Gasteiger partial charge in [-0.25, -0.2) is 9.79 Å². The third kappa shape index (κ3) is 6.18. The van der Waals surface area contributed by atoms with Gasteiger partial charge in [-0.2, -0.15) is 0 Å². The molecule has 0 aromatic heterocycles. The van der Waals surface area contributed by atoms with Crippen LogP contribution in [0.15, 0.2) is 75.0 Å². The molecule has 3 aromatic carbocycles. The van der Waals surface area contributed by atoms with Gasteiger partial charge in [0.25, 0.3) is 5.91 Å². The maximum Gasteiger partial charge on any atom is 0.335 e. The number of rotatable bonds is 8. The minimum absolute atomic E-state index is 0.164. The third-order valence-corrected chi connectivity index (χ3v) is 7.39. The molecule has 1 heterocycles. The van der Waals surface area contributed by atoms with E-state index in [0.717, 1.165) is 11.1 Å². The van der Waals surface area contributed by atoms with Gasteiger partial charge in [0.05, 0.1) is 27.7 Å². The van der Waals surface area contributed by atoms with Crippen molar-refractivity contribution in [1.29, 1.82) is 0 Å². The molecule has 0 radical (unpaired) electrons. The van der Waals surface area contributed by atoms with E-state index in [-0.39, 0.29) is 18.1 Å². The number of carboxylic acids is 1. The van der Waals surface area contributed by atoms with E-state index in [9.17, 15) is 9.59 Å². The molecule has 7 nitrogen and oxygen atoms in total. The van der Waals surface area contributed by atoms with Gasteiger partial charge in [0.1, 0.15) is 6.61 Å². The van der Waals surface area contributed by atoms with Crippen LogP contribution in [-0.2, 0) is 11.4 Å². The van der Waals surface area contributed by atoms with E-state index >= 15 is 0 Å². The Balaban J connectivity index is 1.58. The Labute approximate surface area is 231 Å². The van der Waals surface area contributed by atoms with E-state index in [1.165, 1.54) is 23.9 Å². The zero-order chi connectivity index (χ0) is 26.5. The van der Waals surface area contributed by atoms with Crippen molar-refractivity contribution in [3.05, 3.63) is 91.8 Å². The molecule has 0 spiro atoms. The lowest BCUT2D eigenvalue weighted by Crippen LogP contribution is -2.28. The summed E-state index contributed by atoms with van der Waals surface area (Å²) in [5.41, 5.74) is 2.32. The predicted octanol–water partition coefficient (Wildman–Crippen LogP) is 7.01. The van der Waals surface area contributed by atoms with Crippen molar-refractivity contribution >= 4 is 68.1 Å². The van der Waals surface area contributed by atoms with Crippen LogP contribution < -0.4 is 9.47 Å². The molecule has 1 fully saturated rings. The number of halogens is 2. The van der Waals surface area contributed by atoms with Gasteiger partial charge in [-0.05, 0) is 88.7 Å². The molecule has 190 valence electrons. The Bertz CT molecular complexity index is 1410. The fraction of sp³-hybridized carbons (Fsp3) is 0.148. The summed E-state index contributed by atoms with van der Waals surface area (Å²) in [5, 5.41) is 10.2. The molecule has 3 aromatic rings. The number of thioether (sulfide) groups is 1. The number of methoxy groups -OCH3 is 1. The highest BCUT2D eigenvalue weighted by molar-refractivity contribution is 9.10. The van der Waals surface area contributed by atoms with E-state index in [1.54, 1.807) is 42.4 Å². The first-order chi connectivity index (χ1) is 17.8. The molecule has 37 heavy (non-hydrogen) atoms. The summed E-state index contributed by atoms with van der Waals surface area (Å²) in [5.74, 6) is -0.143. The van der Waals surface area contributed by atoms with Gasteiger partial charge >= 0.3 is 5.97 Å². The minimum Gasteiger partial charge on any atom is -0.493 e. The standard InChI is InChI=1S/C27H22BrClN2O5S/c1-3-31-25(32)23(37-27(31)30-19-10-8-17(9-11-19)26(33)34)14-16-12-20(28)24(22(13-16)35-2)36-15-18-6-4-5-7-21(18)29/h4-14H,3,15H2,1-2H3,(H,33,34)/b23-14+,30-27?. The number of amidine groups is 1. The summed E-state index contributed by atoms with van der Waals surface area (Å²) in [4.78, 5) is 30.8. The lowest BCUT2D eigenvalue weighted by atomic mass is 10.1. The maximum atomic E-state index is 13.1. The second-order valence-electron chi connectivity index (χ2n) is 7.82. The Morgan fingerprint density at radius 3 is 2.57 bits per heavy atom. The number of benzene rings is 3. The van der Waals surface area contributed by atoms with Crippen molar-refractivity contribution in [3.63, 3.8) is 0 Å². The lowest BCUT2D eigenvalue weighted by molar-refractivity contribution is -0.122. The number of carbonyl (C=O) groups excluding carboxylic acids is 1. The smallest absolute Gasteiger partial charge is 0.335 e. The second-order valence-corrected chi connectivity index (χ2v) is 10.1. The van der Waals surface area contributed by atoms with Crippen LogP contribution in [0, 0.1) is 0 Å². The number of nitrogens with zero attached hydrogens (tertiary/aromatic N) is 2. The number of carboxylic acid groups (broad SMARTS) is 1. The summed E-state index contributed by atoms with van der Waals surface area (Å²) in [6.45, 7) is 2.58. The minimum atomic E-state index is -1.01. The number of hydrogen-bond donors (Lipinski definition) is 1. The Morgan fingerprint density at radius 2 is 1.92 bits per heavy atom. The normalized spacial score (nSPS) is 15.5. The van der Waals surface area contributed by atoms with E-state index < -0.39 is 5.97 Å². The molecule has 0 bridgehead atoms. The summed E-state index contributed by atoms with van der Waals surface area (Å²) >= 11 is 11.1. The first kappa shape index (κ1) is 26.8. The number of aromatic carboxylic acids is 1. The summed E-state index contributed by atoms with van der Waals surface area (Å²) in [7, 11) is 1.55. The largest absolute Gasteiger partial charge is 0.493 e. The van der Waals surface area contributed by atoms with Gasteiger partial charge < -0.3 is 14.6 Å². The highest BCUT2D eigenvalue weighted by Crippen LogP contribution is 2.40. The van der Waals surface area contributed by atoms with E-state index in [2.05, 4.69) is 20.9 Å². The predicted molar refractivity (Wildman–Crippen MR) is 150 cm³/mol. The second kappa shape index (κ2) is 11.9. The molecular formula is C27H22BrClN2O5S. The first-order valence-electron chi connectivity index (χ1n) is 11.2. The highest BCUT2D eigenvalue weighted by Gasteiger charge is 2.32. The molecular weight excluding hydrogens is 580 g/mol. The van der Waals surface area contributed by atoms with Crippen molar-refractivity contribution in [2.45, 2.75) is 13.5 Å². The number of amides is 1. The number of likely N-dealkylation sites (N-methyl/N-ethyl adjacent to an activating group) is 1. The summed E-state index contributed by atoms with van der Waals surface area (Å²) in [6.07, 6.45) is 1.77. The molecule has 0 aliphatic carbocycles. The quantitative estimate of drug-likeness (QED) is 0.279. The van der Waals surface area contributed by atoms with Crippen molar-refractivity contribution in [2.24, 2.45) is 4.99 Å². The highest BCUT2D eigenvalue weighted by atomic mass is 79.9. The third-order valence-electron chi connectivity index (χ3n) is 5.42. The van der Waals surface area contributed by atoms with Crippen LogP contribution in [0.25, 0.3) is 6.08 Å². The lowest BCUT2D eigenvalue weighted by Gasteiger charge is -2.14. The van der Waals surface area contributed by atoms with Crippen LogP contribution in [0.2, 0.25) is 5.02 Å². The topological polar surface area (TPSA) is 88.4 Å². The fourth-order valence-electron chi connectivity index (χ4n) is 3.54. The molecule has 1 aliphatic rings. The molecule has 1 aliphatic heterocycles. The molecule has 0 atom stereocenters. The Morgan fingerprint density at radius 1 is 1.19 bits per heavy atom. The Kier molecular flexibility index (Phi) is 8.58. The SMILES string of the molecule is CCN1C(=O)/C(=C\c2cc(Br)c(OCc3ccccc3Cl)c(OC)c2)SC1=Nc1ccc(C(=O)O)cc1. The molecule has 4 rings (SSSR count). The average Bonchev–Trinajstić information content (AvgIpc) is 3.17. The van der Waals surface area contributed by atoms with Crippen LogP contribution >= 0.6 is 39.3 Å². The molecule has 0 saturated carbocycles. The van der Waals surface area contributed by atoms with Crippen molar-refractivity contribution < 1.29 is 24.2 Å². The van der Waals surface area contributed by atoms with Crippen LogP contribution in [0.3, 0.4) is 0 Å². The van der Waals surface area contributed by atoms with Gasteiger partial charge in [0.2, 0.25) is 0 Å². The van der Waals surface area contributed by atoms with Gasteiger partial charge in [-0.1, -0.05) is 29.8 Å². The zero-order valence-electron chi connectivity index (χ0n) is 19.9. The zero-order valence-corrected chi connectivity index (χ0v) is 23.1. The number of hydrogen-bond acceptors (Lipinski definition) is 6. The average molecular weight is 602 g/mol. The summed E-state index contributed by atoms with van der Waals surface area (Å²) in [6, 6.07) is 17.3. The molecule has 0 unspecified atom stereocenters. The van der Waals surface area contributed by atoms with Crippen LogP contribution in [0.1, 0.15) is 28.4 Å². The van der Waals surface area contributed by atoms with E-state index in [0.29, 0.717) is 43.3 Å². The van der Waals surface area contributed by atoms with Gasteiger partial charge in [-0.3, -0.25) is 9.69 Å². The van der Waals surface area contributed by atoms with Gasteiger partial charge in [0, 0.05) is 17.1 Å². The fourth-order valence-corrected chi connectivity index (χ4v) is 5.37. The van der Waals surface area contributed by atoms with Crippen LogP contribution in [0.4, 0.5) is 5.69 Å². The molecule has 1 amide bonds. The van der Waals surface area contributed by atoms with Crippen molar-refractivity contribution in [2.75, 3.05) is 13.7 Å². The van der Waals surface area contributed by atoms with E-state index in [1.807, 2.05) is 31.2 Å². The van der Waals surface area contributed by atoms with Gasteiger partial charge in [0.15, 0.2) is 16.7 Å². The Hall–Kier alpha value is -3.27. The van der Waals surface area contributed by atoms with Crippen LogP contribution in [0.5, 0.6) is 11.5 Å². The number of aliphatic imine (C=N–C) groups is 1. The maximum absolute atomic E-state index is 13.1. The van der Waals surface area contributed by atoms with Crippen LogP contribution in [-0.4, -0.2) is 40.7 Å². The number of carbonyl (C=O) groups is 2. The van der Waals surface area contributed by atoms with Crippen molar-refractivity contribution in [1.82, 2.24) is 4.90 Å². The molecule has 1 N–H and O–H groups in total. The first-order valence-corrected chi connectivity index (χ1v) is 13.2. The summed E-state index contributed by atoms with van der Waals surface area (Å²) < 4.78 is 12.2. The van der Waals surface area contributed by atoms with Gasteiger partial charge in [-0.15, -0.1) is 0 Å². The van der Waals surface area contributed by atoms with Crippen molar-refractivity contribution in [3.8, 4) is 11.5 Å². The molecule has 10 heteroatoms. The monoisotopic (exact) mass is 600 g/mol. The number of ether oxygens (including phenoxy) is 2.